The number of pyridine rings is 1. The van der Waals surface area contributed by atoms with Crippen molar-refractivity contribution in [3.63, 3.8) is 0 Å². The molecule has 1 aromatic heterocycles. The molecule has 18 heavy (non-hydrogen) atoms. The lowest BCUT2D eigenvalue weighted by Gasteiger charge is -2.36. The molecule has 0 spiro atoms. The highest BCUT2D eigenvalue weighted by Crippen LogP contribution is 2.32. The van der Waals surface area contributed by atoms with E-state index in [1.54, 1.807) is 0 Å². The summed E-state index contributed by atoms with van der Waals surface area (Å²) in [7, 11) is 0. The van der Waals surface area contributed by atoms with Gasteiger partial charge in [-0.2, -0.15) is 0 Å². The number of hydrogen-bond donors (Lipinski definition) is 2. The van der Waals surface area contributed by atoms with Crippen molar-refractivity contribution < 1.29 is 0 Å². The summed E-state index contributed by atoms with van der Waals surface area (Å²) in [6, 6.07) is 5.49. The van der Waals surface area contributed by atoms with Gasteiger partial charge in [0.15, 0.2) is 0 Å². The fourth-order valence-electron chi connectivity index (χ4n) is 3.56. The monoisotopic (exact) mass is 245 g/mol. The van der Waals surface area contributed by atoms with Gasteiger partial charge in [0.05, 0.1) is 5.69 Å². The number of anilines is 1. The van der Waals surface area contributed by atoms with Gasteiger partial charge in [0.25, 0.3) is 0 Å². The molecular weight excluding hydrogens is 222 g/mol. The first kappa shape index (κ1) is 12.0. The first-order chi connectivity index (χ1) is 8.93. The van der Waals surface area contributed by atoms with Gasteiger partial charge in [-0.3, -0.25) is 4.98 Å². The van der Waals surface area contributed by atoms with Crippen LogP contribution in [-0.4, -0.2) is 23.6 Å². The fourth-order valence-corrected chi connectivity index (χ4v) is 3.56. The quantitative estimate of drug-likeness (QED) is 0.860. The summed E-state index contributed by atoms with van der Waals surface area (Å²) >= 11 is 0. The molecule has 3 heteroatoms. The number of rotatable bonds is 3. The highest BCUT2D eigenvalue weighted by atomic mass is 15.0. The third-order valence-electron chi connectivity index (χ3n) is 4.45. The van der Waals surface area contributed by atoms with Crippen molar-refractivity contribution in [3.8, 4) is 0 Å². The van der Waals surface area contributed by atoms with Gasteiger partial charge in [-0.15, -0.1) is 0 Å². The van der Waals surface area contributed by atoms with Gasteiger partial charge in [0.2, 0.25) is 0 Å². The van der Waals surface area contributed by atoms with Crippen LogP contribution in [0.25, 0.3) is 0 Å². The average Bonchev–Trinajstić information content (AvgIpc) is 2.94. The molecule has 98 valence electrons. The van der Waals surface area contributed by atoms with Crippen LogP contribution in [0.1, 0.15) is 38.5 Å². The summed E-state index contributed by atoms with van der Waals surface area (Å²) < 4.78 is 0. The summed E-state index contributed by atoms with van der Waals surface area (Å²) in [6.07, 6.45) is 11.9. The molecule has 0 radical (unpaired) electrons. The van der Waals surface area contributed by atoms with Gasteiger partial charge in [-0.1, -0.05) is 12.8 Å². The molecule has 0 aromatic carbocycles. The standard InChI is InChI=1S/C15H23N3/c1-2-7-15(18-12-5-3-9-16-11-12)13(6-1)14-8-4-10-17-14/h3,5,9,11,13-15,17-18H,1-2,4,6-8,10H2. The number of nitrogens with one attached hydrogen (secondary N) is 2. The van der Waals surface area contributed by atoms with Crippen LogP contribution >= 0.6 is 0 Å². The van der Waals surface area contributed by atoms with E-state index in [9.17, 15) is 0 Å². The van der Waals surface area contributed by atoms with Gasteiger partial charge in [-0.25, -0.2) is 0 Å². The van der Waals surface area contributed by atoms with Gasteiger partial charge in [0, 0.05) is 24.5 Å². The molecule has 1 aliphatic carbocycles. The lowest BCUT2D eigenvalue weighted by Crippen LogP contribution is -2.43. The Labute approximate surface area is 109 Å². The Morgan fingerprint density at radius 1 is 1.17 bits per heavy atom. The van der Waals surface area contributed by atoms with Crippen LogP contribution in [0, 0.1) is 5.92 Å². The van der Waals surface area contributed by atoms with E-state index in [-0.39, 0.29) is 0 Å². The van der Waals surface area contributed by atoms with Crippen LogP contribution in [0.5, 0.6) is 0 Å². The number of hydrogen-bond acceptors (Lipinski definition) is 3. The molecule has 1 aliphatic heterocycles. The summed E-state index contributed by atoms with van der Waals surface area (Å²) in [5.41, 5.74) is 1.17. The highest BCUT2D eigenvalue weighted by molar-refractivity contribution is 5.41. The minimum absolute atomic E-state index is 0.624. The van der Waals surface area contributed by atoms with Gasteiger partial charge < -0.3 is 10.6 Å². The number of nitrogens with zero attached hydrogens (tertiary/aromatic N) is 1. The predicted octanol–water partition coefficient (Wildman–Crippen LogP) is 2.80. The second kappa shape index (κ2) is 5.70. The molecule has 3 nitrogen and oxygen atoms in total. The topological polar surface area (TPSA) is 37.0 Å². The van der Waals surface area contributed by atoms with E-state index in [1.165, 1.54) is 50.8 Å². The van der Waals surface area contributed by atoms with Crippen molar-refractivity contribution in [2.75, 3.05) is 11.9 Å². The Morgan fingerprint density at radius 2 is 2.11 bits per heavy atom. The van der Waals surface area contributed by atoms with Crippen molar-refractivity contribution in [1.29, 1.82) is 0 Å². The van der Waals surface area contributed by atoms with E-state index in [0.29, 0.717) is 6.04 Å². The maximum atomic E-state index is 4.19. The third-order valence-corrected chi connectivity index (χ3v) is 4.45. The summed E-state index contributed by atoms with van der Waals surface area (Å²) in [6.45, 7) is 1.21. The lowest BCUT2D eigenvalue weighted by atomic mass is 9.79. The molecule has 3 rings (SSSR count). The zero-order chi connectivity index (χ0) is 12.2. The Hall–Kier alpha value is -1.09. The second-order valence-electron chi connectivity index (χ2n) is 5.64. The molecule has 1 aromatic rings. The molecule has 3 atom stereocenters. The number of aromatic nitrogens is 1. The molecule has 1 saturated carbocycles. The molecule has 0 bridgehead atoms. The SMILES string of the molecule is c1cncc(NC2CCCCC2C2CCCN2)c1. The van der Waals surface area contributed by atoms with Crippen molar-refractivity contribution >= 4 is 5.69 Å². The van der Waals surface area contributed by atoms with Crippen LogP contribution in [0.15, 0.2) is 24.5 Å². The van der Waals surface area contributed by atoms with Crippen molar-refractivity contribution in [2.45, 2.75) is 50.6 Å². The van der Waals surface area contributed by atoms with Gasteiger partial charge >= 0.3 is 0 Å². The maximum Gasteiger partial charge on any atom is 0.0528 e. The minimum Gasteiger partial charge on any atom is -0.381 e. The molecule has 1 saturated heterocycles. The molecule has 2 heterocycles. The summed E-state index contributed by atoms with van der Waals surface area (Å²) in [5, 5.41) is 7.39. The van der Waals surface area contributed by atoms with E-state index < -0.39 is 0 Å². The van der Waals surface area contributed by atoms with E-state index in [1.807, 2.05) is 18.5 Å². The molecule has 3 unspecified atom stereocenters. The maximum absolute atomic E-state index is 4.19. The van der Waals surface area contributed by atoms with E-state index in [2.05, 4.69) is 21.7 Å². The lowest BCUT2D eigenvalue weighted by molar-refractivity contribution is 0.262. The van der Waals surface area contributed by atoms with Crippen molar-refractivity contribution in [2.24, 2.45) is 5.92 Å². The average molecular weight is 245 g/mol. The Balaban J connectivity index is 1.67. The van der Waals surface area contributed by atoms with Crippen LogP contribution in [-0.2, 0) is 0 Å². The van der Waals surface area contributed by atoms with Crippen LogP contribution in [0.2, 0.25) is 0 Å². The van der Waals surface area contributed by atoms with E-state index in [4.69, 9.17) is 0 Å². The highest BCUT2D eigenvalue weighted by Gasteiger charge is 2.33. The van der Waals surface area contributed by atoms with Crippen LogP contribution in [0.3, 0.4) is 0 Å². The summed E-state index contributed by atoms with van der Waals surface area (Å²) in [4.78, 5) is 4.19. The van der Waals surface area contributed by atoms with E-state index in [0.717, 1.165) is 12.0 Å². The third kappa shape index (κ3) is 2.66. The first-order valence-electron chi connectivity index (χ1n) is 7.33. The summed E-state index contributed by atoms with van der Waals surface area (Å²) in [5.74, 6) is 0.793. The first-order valence-corrected chi connectivity index (χ1v) is 7.33. The zero-order valence-corrected chi connectivity index (χ0v) is 10.9. The zero-order valence-electron chi connectivity index (χ0n) is 10.9. The van der Waals surface area contributed by atoms with Crippen molar-refractivity contribution in [3.05, 3.63) is 24.5 Å². The second-order valence-corrected chi connectivity index (χ2v) is 5.64. The molecule has 2 aliphatic rings. The molecule has 0 amide bonds. The Kier molecular flexibility index (Phi) is 3.79. The van der Waals surface area contributed by atoms with Gasteiger partial charge in [-0.05, 0) is 50.3 Å². The van der Waals surface area contributed by atoms with Crippen LogP contribution < -0.4 is 10.6 Å². The molecule has 2 fully saturated rings. The largest absolute Gasteiger partial charge is 0.381 e. The Bertz CT molecular complexity index is 359. The van der Waals surface area contributed by atoms with Crippen molar-refractivity contribution in [1.82, 2.24) is 10.3 Å². The fraction of sp³-hybridized carbons (Fsp3) is 0.667. The Morgan fingerprint density at radius 3 is 2.89 bits per heavy atom. The van der Waals surface area contributed by atoms with E-state index >= 15 is 0 Å². The van der Waals surface area contributed by atoms with Gasteiger partial charge in [0.1, 0.15) is 0 Å². The normalized spacial score (nSPS) is 32.3. The smallest absolute Gasteiger partial charge is 0.0528 e. The van der Waals surface area contributed by atoms with Crippen LogP contribution in [0.4, 0.5) is 5.69 Å². The predicted molar refractivity (Wildman–Crippen MR) is 74.6 cm³/mol. The molecule has 2 N–H and O–H groups in total. The minimum atomic E-state index is 0.624. The molecular formula is C15H23N3.